The predicted octanol–water partition coefficient (Wildman–Crippen LogP) is 5.11. The summed E-state index contributed by atoms with van der Waals surface area (Å²) < 4.78 is 5.43. The van der Waals surface area contributed by atoms with Crippen LogP contribution in [0.15, 0.2) is 66.0 Å². The molecule has 4 rings (SSSR count). The topological polar surface area (TPSA) is 47.0 Å². The summed E-state index contributed by atoms with van der Waals surface area (Å²) in [5.41, 5.74) is 1.79. The lowest BCUT2D eigenvalue weighted by molar-refractivity contribution is 0.417. The van der Waals surface area contributed by atoms with E-state index in [2.05, 4.69) is 5.32 Å². The van der Waals surface area contributed by atoms with Crippen molar-refractivity contribution in [3.05, 3.63) is 66.0 Å². The Kier molecular flexibility index (Phi) is 3.84. The summed E-state index contributed by atoms with van der Waals surface area (Å²) in [6, 6.07) is 19.8. The molecule has 5 heteroatoms. The van der Waals surface area contributed by atoms with Gasteiger partial charge in [0.15, 0.2) is 5.82 Å². The van der Waals surface area contributed by atoms with Crippen LogP contribution >= 0.6 is 11.3 Å². The maximum atomic E-state index is 5.43. The van der Waals surface area contributed by atoms with Gasteiger partial charge in [-0.1, -0.05) is 30.3 Å². The number of hydrogen-bond donors (Lipinski definition) is 1. The van der Waals surface area contributed by atoms with Crippen molar-refractivity contribution in [1.82, 2.24) is 9.97 Å². The number of nitrogens with one attached hydrogen (secondary N) is 1. The van der Waals surface area contributed by atoms with Gasteiger partial charge in [-0.3, -0.25) is 0 Å². The Morgan fingerprint density at radius 3 is 2.58 bits per heavy atom. The number of nitrogens with zero attached hydrogens (tertiary/aromatic N) is 2. The van der Waals surface area contributed by atoms with E-state index in [0.29, 0.717) is 0 Å². The second-order valence-electron chi connectivity index (χ2n) is 5.22. The standard InChI is InChI=1S/C19H15N3OS/c1-23-16-10-5-4-9-15(16)21-18-13-7-2-3-8-14(13)20-19(22-18)17-11-6-12-24-17/h2-12H,1H3,(H,20,21,22). The summed E-state index contributed by atoms with van der Waals surface area (Å²) in [5, 5.41) is 6.40. The smallest absolute Gasteiger partial charge is 0.172 e. The minimum Gasteiger partial charge on any atom is -0.495 e. The Hall–Kier alpha value is -2.92. The quantitative estimate of drug-likeness (QED) is 0.564. The summed E-state index contributed by atoms with van der Waals surface area (Å²) in [7, 11) is 1.66. The minimum atomic E-state index is 0.723. The number of benzene rings is 2. The molecule has 0 saturated carbocycles. The van der Waals surface area contributed by atoms with E-state index in [-0.39, 0.29) is 0 Å². The van der Waals surface area contributed by atoms with Gasteiger partial charge in [0, 0.05) is 5.39 Å². The Labute approximate surface area is 143 Å². The minimum absolute atomic E-state index is 0.723. The predicted molar refractivity (Wildman–Crippen MR) is 99.1 cm³/mol. The fourth-order valence-corrected chi connectivity index (χ4v) is 3.22. The third-order valence-electron chi connectivity index (χ3n) is 3.70. The van der Waals surface area contributed by atoms with Gasteiger partial charge in [0.25, 0.3) is 0 Å². The second-order valence-corrected chi connectivity index (χ2v) is 6.16. The fraction of sp³-hybridized carbons (Fsp3) is 0.0526. The van der Waals surface area contributed by atoms with Crippen molar-refractivity contribution in [3.63, 3.8) is 0 Å². The van der Waals surface area contributed by atoms with E-state index in [1.165, 1.54) is 0 Å². The van der Waals surface area contributed by atoms with Gasteiger partial charge >= 0.3 is 0 Å². The number of anilines is 2. The van der Waals surface area contributed by atoms with Gasteiger partial charge < -0.3 is 10.1 Å². The van der Waals surface area contributed by atoms with Gasteiger partial charge in [-0.2, -0.15) is 0 Å². The highest BCUT2D eigenvalue weighted by Gasteiger charge is 2.11. The number of thiophene rings is 1. The average molecular weight is 333 g/mol. The molecule has 2 aromatic carbocycles. The molecule has 2 aromatic heterocycles. The van der Waals surface area contributed by atoms with Crippen LogP contribution in [0.3, 0.4) is 0 Å². The van der Waals surface area contributed by atoms with E-state index >= 15 is 0 Å². The van der Waals surface area contributed by atoms with Gasteiger partial charge in [-0.25, -0.2) is 9.97 Å². The maximum Gasteiger partial charge on any atom is 0.172 e. The first-order valence-electron chi connectivity index (χ1n) is 7.56. The van der Waals surface area contributed by atoms with Crippen LogP contribution in [0, 0.1) is 0 Å². The van der Waals surface area contributed by atoms with Crippen molar-refractivity contribution in [2.75, 3.05) is 12.4 Å². The molecule has 4 nitrogen and oxygen atoms in total. The number of rotatable bonds is 4. The molecular weight excluding hydrogens is 318 g/mol. The summed E-state index contributed by atoms with van der Waals surface area (Å²) in [6.45, 7) is 0. The molecular formula is C19H15N3OS. The Morgan fingerprint density at radius 1 is 0.917 bits per heavy atom. The zero-order valence-electron chi connectivity index (χ0n) is 13.1. The highest BCUT2D eigenvalue weighted by molar-refractivity contribution is 7.13. The molecule has 0 bridgehead atoms. The number of aromatic nitrogens is 2. The Morgan fingerprint density at radius 2 is 1.75 bits per heavy atom. The van der Waals surface area contributed by atoms with E-state index in [1.54, 1.807) is 18.4 Å². The second kappa shape index (κ2) is 6.29. The molecule has 1 N–H and O–H groups in total. The normalized spacial score (nSPS) is 10.7. The molecule has 0 aliphatic carbocycles. The molecule has 0 amide bonds. The lowest BCUT2D eigenvalue weighted by Crippen LogP contribution is -2.00. The molecule has 0 aliphatic rings. The molecule has 0 radical (unpaired) electrons. The monoisotopic (exact) mass is 333 g/mol. The van der Waals surface area contributed by atoms with Crippen LogP contribution in [0.25, 0.3) is 21.6 Å². The first-order chi connectivity index (χ1) is 11.8. The van der Waals surface area contributed by atoms with Crippen LogP contribution in [-0.4, -0.2) is 17.1 Å². The SMILES string of the molecule is COc1ccccc1Nc1nc(-c2cccs2)nc2ccccc12. The van der Waals surface area contributed by atoms with Crippen LogP contribution < -0.4 is 10.1 Å². The third kappa shape index (κ3) is 2.70. The van der Waals surface area contributed by atoms with E-state index in [0.717, 1.165) is 38.9 Å². The van der Waals surface area contributed by atoms with Crippen LogP contribution in [0.2, 0.25) is 0 Å². The van der Waals surface area contributed by atoms with Gasteiger partial charge in [0.2, 0.25) is 0 Å². The molecule has 118 valence electrons. The summed E-state index contributed by atoms with van der Waals surface area (Å²) in [6.07, 6.45) is 0. The molecule has 0 spiro atoms. The van der Waals surface area contributed by atoms with Crippen molar-refractivity contribution < 1.29 is 4.74 Å². The maximum absolute atomic E-state index is 5.43. The summed E-state index contributed by atoms with van der Waals surface area (Å²) >= 11 is 1.63. The lowest BCUT2D eigenvalue weighted by atomic mass is 10.2. The Balaban J connectivity index is 1.87. The summed E-state index contributed by atoms with van der Waals surface area (Å²) in [5.74, 6) is 2.27. The highest BCUT2D eigenvalue weighted by Crippen LogP contribution is 2.32. The van der Waals surface area contributed by atoms with Gasteiger partial charge in [-0.15, -0.1) is 11.3 Å². The van der Waals surface area contributed by atoms with E-state index in [9.17, 15) is 0 Å². The van der Waals surface area contributed by atoms with Gasteiger partial charge in [0.05, 0.1) is 23.2 Å². The first-order valence-corrected chi connectivity index (χ1v) is 8.44. The van der Waals surface area contributed by atoms with E-state index in [1.807, 2.05) is 66.0 Å². The van der Waals surface area contributed by atoms with Crippen molar-refractivity contribution in [2.45, 2.75) is 0 Å². The molecule has 24 heavy (non-hydrogen) atoms. The Bertz CT molecular complexity index is 983. The third-order valence-corrected chi connectivity index (χ3v) is 4.57. The molecule has 2 heterocycles. The molecule has 0 fully saturated rings. The van der Waals surface area contributed by atoms with Gasteiger partial charge in [-0.05, 0) is 35.7 Å². The number of para-hydroxylation sites is 3. The number of ether oxygens (including phenoxy) is 1. The van der Waals surface area contributed by atoms with Crippen LogP contribution in [0.5, 0.6) is 5.75 Å². The number of fused-ring (bicyclic) bond motifs is 1. The highest BCUT2D eigenvalue weighted by atomic mass is 32.1. The number of methoxy groups -OCH3 is 1. The largest absolute Gasteiger partial charge is 0.495 e. The molecule has 4 aromatic rings. The summed E-state index contributed by atoms with van der Waals surface area (Å²) in [4.78, 5) is 10.5. The molecule has 0 atom stereocenters. The zero-order valence-corrected chi connectivity index (χ0v) is 13.9. The lowest BCUT2D eigenvalue weighted by Gasteiger charge is -2.13. The van der Waals surface area contributed by atoms with Crippen LogP contribution in [0.1, 0.15) is 0 Å². The van der Waals surface area contributed by atoms with Gasteiger partial charge in [0.1, 0.15) is 11.6 Å². The average Bonchev–Trinajstić information content (AvgIpc) is 3.17. The van der Waals surface area contributed by atoms with Crippen molar-refractivity contribution >= 4 is 33.7 Å². The number of hydrogen-bond acceptors (Lipinski definition) is 5. The van der Waals surface area contributed by atoms with E-state index < -0.39 is 0 Å². The van der Waals surface area contributed by atoms with Crippen molar-refractivity contribution in [1.29, 1.82) is 0 Å². The first kappa shape index (κ1) is 14.7. The van der Waals surface area contributed by atoms with Crippen molar-refractivity contribution in [2.24, 2.45) is 0 Å². The molecule has 0 aliphatic heterocycles. The molecule has 0 saturated heterocycles. The van der Waals surface area contributed by atoms with Crippen LogP contribution in [-0.2, 0) is 0 Å². The van der Waals surface area contributed by atoms with Crippen molar-refractivity contribution in [3.8, 4) is 16.5 Å². The zero-order chi connectivity index (χ0) is 16.4. The molecule has 0 unspecified atom stereocenters. The fourth-order valence-electron chi connectivity index (χ4n) is 2.56. The van der Waals surface area contributed by atoms with E-state index in [4.69, 9.17) is 14.7 Å². The van der Waals surface area contributed by atoms with Crippen LogP contribution in [0.4, 0.5) is 11.5 Å².